The normalized spacial score (nSPS) is 14.5. The van der Waals surface area contributed by atoms with Gasteiger partial charge in [0.05, 0.1) is 5.69 Å². The molecule has 0 saturated carbocycles. The zero-order valence-corrected chi connectivity index (χ0v) is 26.1. The van der Waals surface area contributed by atoms with E-state index in [1.807, 2.05) is 61.5 Å². The van der Waals surface area contributed by atoms with Gasteiger partial charge in [0.25, 0.3) is 11.5 Å². The molecule has 0 spiro atoms. The lowest BCUT2D eigenvalue weighted by molar-refractivity contribution is 0.102. The average molecular weight is 579 g/mol. The highest BCUT2D eigenvalue weighted by atomic mass is 16.1. The summed E-state index contributed by atoms with van der Waals surface area (Å²) < 4.78 is 1.54. The van der Waals surface area contributed by atoms with Crippen LogP contribution in [0.3, 0.4) is 0 Å². The summed E-state index contributed by atoms with van der Waals surface area (Å²) in [7, 11) is 3.88. The number of likely N-dealkylation sites (N-methyl/N-ethyl adjacent to an activating group) is 1. The molecular weight excluding hydrogens is 536 g/mol. The van der Waals surface area contributed by atoms with Crippen molar-refractivity contribution in [2.45, 2.75) is 39.7 Å². The third-order valence-corrected chi connectivity index (χ3v) is 8.16. The fourth-order valence-corrected chi connectivity index (χ4v) is 5.28. The van der Waals surface area contributed by atoms with E-state index in [1.54, 1.807) is 13.2 Å². The summed E-state index contributed by atoms with van der Waals surface area (Å²) in [5.74, 6) is 0.0761. The zero-order chi connectivity index (χ0) is 30.7. The van der Waals surface area contributed by atoms with Gasteiger partial charge in [0.2, 0.25) is 0 Å². The number of piperazine rings is 1. The maximum atomic E-state index is 13.1. The van der Waals surface area contributed by atoms with E-state index in [2.05, 4.69) is 60.4 Å². The standard InChI is InChI=1S/C35H42N6O2/c1-24-29(8-7-9-30(24)38-33(42)26-12-14-27(15-13-26)35(2,3)4)31-23-40(6)34(43)32(37-31)36-28-16-10-25(11-17-28)22-41-20-18-39(5)19-21-41/h7-17,23H,18-22H2,1-6H3,(H,36,37)(H,38,42). The fraction of sp³-hybridized carbons (Fsp3) is 0.343. The molecule has 1 saturated heterocycles. The van der Waals surface area contributed by atoms with Crippen molar-refractivity contribution in [3.8, 4) is 11.3 Å². The van der Waals surface area contributed by atoms with Gasteiger partial charge < -0.3 is 20.1 Å². The number of hydrogen-bond donors (Lipinski definition) is 2. The van der Waals surface area contributed by atoms with Gasteiger partial charge in [-0.25, -0.2) is 4.98 Å². The van der Waals surface area contributed by atoms with E-state index in [1.165, 1.54) is 15.7 Å². The van der Waals surface area contributed by atoms with Crippen molar-refractivity contribution in [2.75, 3.05) is 43.9 Å². The summed E-state index contributed by atoms with van der Waals surface area (Å²) in [6.45, 7) is 13.6. The second-order valence-corrected chi connectivity index (χ2v) is 12.6. The highest BCUT2D eigenvalue weighted by Gasteiger charge is 2.17. The number of nitrogens with zero attached hydrogens (tertiary/aromatic N) is 4. The summed E-state index contributed by atoms with van der Waals surface area (Å²) in [6, 6.07) is 21.6. The van der Waals surface area contributed by atoms with Crippen LogP contribution in [0.4, 0.5) is 17.2 Å². The Morgan fingerprint density at radius 3 is 2.23 bits per heavy atom. The van der Waals surface area contributed by atoms with Gasteiger partial charge in [-0.2, -0.15) is 0 Å². The van der Waals surface area contributed by atoms with Crippen LogP contribution in [0.1, 0.15) is 47.8 Å². The van der Waals surface area contributed by atoms with E-state index in [0.29, 0.717) is 16.9 Å². The predicted molar refractivity (Wildman–Crippen MR) is 175 cm³/mol. The van der Waals surface area contributed by atoms with Crippen LogP contribution in [-0.4, -0.2) is 58.5 Å². The lowest BCUT2D eigenvalue weighted by Gasteiger charge is -2.32. The van der Waals surface area contributed by atoms with Crippen molar-refractivity contribution < 1.29 is 4.79 Å². The molecule has 0 aliphatic carbocycles. The molecule has 1 amide bonds. The summed E-state index contributed by atoms with van der Waals surface area (Å²) in [6.07, 6.45) is 1.73. The van der Waals surface area contributed by atoms with E-state index in [-0.39, 0.29) is 22.7 Å². The molecule has 1 aliphatic rings. The van der Waals surface area contributed by atoms with Gasteiger partial charge in [-0.05, 0) is 66.4 Å². The third kappa shape index (κ3) is 7.21. The molecule has 0 bridgehead atoms. The van der Waals surface area contributed by atoms with Crippen LogP contribution in [-0.2, 0) is 19.0 Å². The van der Waals surface area contributed by atoms with Gasteiger partial charge in [-0.1, -0.05) is 57.2 Å². The molecule has 43 heavy (non-hydrogen) atoms. The van der Waals surface area contributed by atoms with Crippen molar-refractivity contribution in [3.63, 3.8) is 0 Å². The second kappa shape index (κ2) is 12.5. The number of aromatic nitrogens is 2. The molecule has 1 aromatic heterocycles. The van der Waals surface area contributed by atoms with Gasteiger partial charge in [-0.3, -0.25) is 14.5 Å². The molecule has 4 aromatic rings. The summed E-state index contributed by atoms with van der Waals surface area (Å²) >= 11 is 0. The van der Waals surface area contributed by atoms with Crippen molar-refractivity contribution >= 4 is 23.1 Å². The van der Waals surface area contributed by atoms with E-state index in [4.69, 9.17) is 4.98 Å². The number of benzene rings is 3. The number of nitrogens with one attached hydrogen (secondary N) is 2. The minimum Gasteiger partial charge on any atom is -0.336 e. The van der Waals surface area contributed by atoms with Crippen LogP contribution >= 0.6 is 0 Å². The largest absolute Gasteiger partial charge is 0.336 e. The van der Waals surface area contributed by atoms with Gasteiger partial charge in [0.1, 0.15) is 0 Å². The van der Waals surface area contributed by atoms with E-state index in [9.17, 15) is 9.59 Å². The molecular formula is C35H42N6O2. The molecule has 224 valence electrons. The Labute approximate surface area is 254 Å². The van der Waals surface area contributed by atoms with Gasteiger partial charge in [-0.15, -0.1) is 0 Å². The number of carbonyl (C=O) groups excluding carboxylic acids is 1. The number of aryl methyl sites for hydroxylation is 1. The molecule has 8 heteroatoms. The minimum atomic E-state index is -0.217. The lowest BCUT2D eigenvalue weighted by Crippen LogP contribution is -2.43. The molecule has 0 radical (unpaired) electrons. The van der Waals surface area contributed by atoms with E-state index >= 15 is 0 Å². The van der Waals surface area contributed by atoms with Gasteiger partial charge >= 0.3 is 0 Å². The van der Waals surface area contributed by atoms with Crippen LogP contribution in [0, 0.1) is 6.92 Å². The summed E-state index contributed by atoms with van der Waals surface area (Å²) in [5.41, 5.74) is 6.66. The first-order chi connectivity index (χ1) is 20.5. The first kappa shape index (κ1) is 30.2. The van der Waals surface area contributed by atoms with Crippen LogP contribution in [0.5, 0.6) is 0 Å². The monoisotopic (exact) mass is 578 g/mol. The SMILES string of the molecule is Cc1c(NC(=O)c2ccc(C(C)(C)C)cc2)cccc1-c1cn(C)c(=O)c(Nc2ccc(CN3CCN(C)CC3)cc2)n1. The Balaban J connectivity index is 1.33. The summed E-state index contributed by atoms with van der Waals surface area (Å²) in [4.78, 5) is 35.7. The van der Waals surface area contributed by atoms with Crippen LogP contribution < -0.4 is 16.2 Å². The average Bonchev–Trinajstić information content (AvgIpc) is 2.98. The maximum Gasteiger partial charge on any atom is 0.293 e. The molecule has 0 unspecified atom stereocenters. The lowest BCUT2D eigenvalue weighted by atomic mass is 9.86. The molecule has 1 aliphatic heterocycles. The predicted octanol–water partition coefficient (Wildman–Crippen LogP) is 5.80. The smallest absolute Gasteiger partial charge is 0.293 e. The Morgan fingerprint density at radius 1 is 0.907 bits per heavy atom. The molecule has 1 fully saturated rings. The first-order valence-electron chi connectivity index (χ1n) is 14.8. The molecule has 5 rings (SSSR count). The Hall–Kier alpha value is -4.27. The number of anilines is 3. The zero-order valence-electron chi connectivity index (χ0n) is 26.1. The van der Waals surface area contributed by atoms with Crippen LogP contribution in [0.15, 0.2) is 77.7 Å². The molecule has 8 nitrogen and oxygen atoms in total. The Bertz CT molecular complexity index is 1640. The van der Waals surface area contributed by atoms with E-state index in [0.717, 1.165) is 49.5 Å². The van der Waals surface area contributed by atoms with Crippen molar-refractivity contribution in [2.24, 2.45) is 7.05 Å². The fourth-order valence-electron chi connectivity index (χ4n) is 5.28. The maximum absolute atomic E-state index is 13.1. The first-order valence-corrected chi connectivity index (χ1v) is 14.8. The van der Waals surface area contributed by atoms with Crippen molar-refractivity contribution in [1.29, 1.82) is 0 Å². The summed E-state index contributed by atoms with van der Waals surface area (Å²) in [5, 5.41) is 6.28. The van der Waals surface area contributed by atoms with Crippen LogP contribution in [0.2, 0.25) is 0 Å². The van der Waals surface area contributed by atoms with Crippen molar-refractivity contribution in [3.05, 3.63) is 106 Å². The van der Waals surface area contributed by atoms with Gasteiger partial charge in [0.15, 0.2) is 5.82 Å². The highest BCUT2D eigenvalue weighted by molar-refractivity contribution is 6.05. The quantitative estimate of drug-likeness (QED) is 0.289. The number of rotatable bonds is 7. The number of amides is 1. The highest BCUT2D eigenvalue weighted by Crippen LogP contribution is 2.29. The van der Waals surface area contributed by atoms with E-state index < -0.39 is 0 Å². The topological polar surface area (TPSA) is 82.5 Å². The Morgan fingerprint density at radius 2 is 1.58 bits per heavy atom. The molecule has 0 atom stereocenters. The molecule has 2 heterocycles. The third-order valence-electron chi connectivity index (χ3n) is 8.16. The number of hydrogen-bond acceptors (Lipinski definition) is 6. The minimum absolute atomic E-state index is 0.0183. The second-order valence-electron chi connectivity index (χ2n) is 12.6. The molecule has 3 aromatic carbocycles. The number of carbonyl (C=O) groups is 1. The molecule has 2 N–H and O–H groups in total. The Kier molecular flexibility index (Phi) is 8.80. The van der Waals surface area contributed by atoms with Gasteiger partial charge in [0, 0.05) is 68.5 Å². The van der Waals surface area contributed by atoms with Crippen molar-refractivity contribution in [1.82, 2.24) is 19.4 Å². The van der Waals surface area contributed by atoms with Crippen LogP contribution in [0.25, 0.3) is 11.3 Å².